The number of thiophene rings is 1. The van der Waals surface area contributed by atoms with Crippen LogP contribution >= 0.6 is 11.3 Å². The third kappa shape index (κ3) is 3.94. The second-order valence-electron chi connectivity index (χ2n) is 10.6. The molecule has 0 fully saturated rings. The molecule has 0 N–H and O–H groups in total. The molecule has 0 amide bonds. The van der Waals surface area contributed by atoms with E-state index in [0.717, 1.165) is 42.6 Å². The summed E-state index contributed by atoms with van der Waals surface area (Å²) in [5, 5.41) is 3.50. The molecule has 44 heavy (non-hydrogen) atoms. The van der Waals surface area contributed by atoms with E-state index in [1.807, 2.05) is 77.4 Å². The normalized spacial score (nSPS) is 12.9. The van der Waals surface area contributed by atoms with Crippen LogP contribution in [-0.2, 0) is 0 Å². The van der Waals surface area contributed by atoms with E-state index in [1.54, 1.807) is 23.5 Å². The molecule has 0 saturated carbocycles. The quantitative estimate of drug-likeness (QED) is 0.207. The third-order valence-corrected chi connectivity index (χ3v) is 9.08. The Morgan fingerprint density at radius 1 is 0.523 bits per heavy atom. The standard InChI is InChI=1S/C39H24N4S/c1-3-12-25(13-4-1)37-40-38(26-14-5-2-6-15-26)42-39(41-37)31-18-11-21-34-36(31)30-23-22-27(24-35(30)44-34)43-32-19-9-7-16-28(32)29-17-8-10-20-33(29)43/h1-24H/i7D,8D,19D,20D. The first-order chi connectivity index (χ1) is 23.4. The first-order valence-corrected chi connectivity index (χ1v) is 15.1. The topological polar surface area (TPSA) is 43.6 Å². The number of benzene rings is 6. The van der Waals surface area contributed by atoms with Crippen LogP contribution in [0.1, 0.15) is 5.48 Å². The minimum Gasteiger partial charge on any atom is -0.309 e. The van der Waals surface area contributed by atoms with Crippen molar-refractivity contribution >= 4 is 53.3 Å². The Labute approximate surface area is 263 Å². The summed E-state index contributed by atoms with van der Waals surface area (Å²) in [6.45, 7) is 0. The van der Waals surface area contributed by atoms with Gasteiger partial charge in [-0.1, -0.05) is 115 Å². The van der Waals surface area contributed by atoms with Crippen LogP contribution in [0.4, 0.5) is 0 Å². The lowest BCUT2D eigenvalue weighted by atomic mass is 10.0. The second-order valence-corrected chi connectivity index (χ2v) is 11.6. The van der Waals surface area contributed by atoms with Crippen molar-refractivity contribution in [1.29, 1.82) is 0 Å². The summed E-state index contributed by atoms with van der Waals surface area (Å²) in [4.78, 5) is 14.9. The lowest BCUT2D eigenvalue weighted by Gasteiger charge is -2.10. The molecule has 4 nitrogen and oxygen atoms in total. The van der Waals surface area contributed by atoms with Gasteiger partial charge in [0.05, 0.1) is 16.5 Å². The Hall–Kier alpha value is -5.65. The summed E-state index contributed by atoms with van der Waals surface area (Å²) in [5.41, 5.74) is 4.78. The van der Waals surface area contributed by atoms with Gasteiger partial charge >= 0.3 is 0 Å². The average molecular weight is 585 g/mol. The summed E-state index contributed by atoms with van der Waals surface area (Å²) in [7, 11) is 0. The number of hydrogen-bond donors (Lipinski definition) is 0. The van der Waals surface area contributed by atoms with Crippen LogP contribution in [0.15, 0.2) is 145 Å². The van der Waals surface area contributed by atoms with E-state index in [0.29, 0.717) is 39.3 Å². The maximum atomic E-state index is 8.82. The van der Waals surface area contributed by atoms with Gasteiger partial charge in [0, 0.05) is 53.3 Å². The van der Waals surface area contributed by atoms with Crippen LogP contribution in [0, 0.1) is 0 Å². The summed E-state index contributed by atoms with van der Waals surface area (Å²) in [6, 6.07) is 39.7. The van der Waals surface area contributed by atoms with Gasteiger partial charge < -0.3 is 4.57 Å². The summed E-state index contributed by atoms with van der Waals surface area (Å²) >= 11 is 1.67. The molecule has 0 spiro atoms. The number of fused-ring (bicyclic) bond motifs is 6. The largest absolute Gasteiger partial charge is 0.309 e. The van der Waals surface area contributed by atoms with E-state index in [9.17, 15) is 0 Å². The fraction of sp³-hybridized carbons (Fsp3) is 0. The molecule has 5 heteroatoms. The molecule has 0 radical (unpaired) electrons. The highest BCUT2D eigenvalue weighted by molar-refractivity contribution is 7.26. The summed E-state index contributed by atoms with van der Waals surface area (Å²) in [6.07, 6.45) is 0. The smallest absolute Gasteiger partial charge is 0.164 e. The van der Waals surface area contributed by atoms with Crippen molar-refractivity contribution < 1.29 is 5.48 Å². The molecule has 9 aromatic rings. The molecule has 206 valence electrons. The molecule has 0 aliphatic rings. The van der Waals surface area contributed by atoms with E-state index in [1.165, 1.54) is 12.1 Å². The lowest BCUT2D eigenvalue weighted by molar-refractivity contribution is 1.08. The van der Waals surface area contributed by atoms with Gasteiger partial charge in [-0.3, -0.25) is 0 Å². The molecule has 3 aromatic heterocycles. The molecule has 0 saturated heterocycles. The molecule has 0 unspecified atom stereocenters. The first-order valence-electron chi connectivity index (χ1n) is 16.3. The highest BCUT2D eigenvalue weighted by Gasteiger charge is 2.18. The minimum absolute atomic E-state index is 0.205. The zero-order chi connectivity index (χ0) is 32.5. The Kier molecular flexibility index (Phi) is 4.78. The predicted molar refractivity (Wildman–Crippen MR) is 183 cm³/mol. The van der Waals surface area contributed by atoms with E-state index >= 15 is 0 Å². The Balaban J connectivity index is 1.28. The van der Waals surface area contributed by atoms with E-state index in [4.69, 9.17) is 20.4 Å². The van der Waals surface area contributed by atoms with Crippen LogP contribution < -0.4 is 0 Å². The van der Waals surface area contributed by atoms with Crippen LogP contribution in [0.5, 0.6) is 0 Å². The molecule has 6 aromatic carbocycles. The SMILES string of the molecule is [2H]c1cc([2H])c2c(c1)c1cc([2H])cc([2H])c1n2-c1ccc2c(c1)sc1cccc(-c3nc(-c4ccccc4)nc(-c4ccccc4)n3)c12. The van der Waals surface area contributed by atoms with Gasteiger partial charge in [0.15, 0.2) is 17.5 Å². The molecule has 0 aliphatic carbocycles. The molecule has 3 heterocycles. The second kappa shape index (κ2) is 9.97. The van der Waals surface area contributed by atoms with E-state index in [-0.39, 0.29) is 24.2 Å². The molecular formula is C39H24N4S. The number of para-hydroxylation sites is 2. The van der Waals surface area contributed by atoms with Crippen molar-refractivity contribution in [2.24, 2.45) is 0 Å². The molecule has 0 atom stereocenters. The zero-order valence-corrected chi connectivity index (χ0v) is 24.1. The van der Waals surface area contributed by atoms with Crippen molar-refractivity contribution in [3.63, 3.8) is 0 Å². The van der Waals surface area contributed by atoms with Crippen molar-refractivity contribution in [1.82, 2.24) is 19.5 Å². The van der Waals surface area contributed by atoms with Gasteiger partial charge in [-0.05, 0) is 30.3 Å². The minimum atomic E-state index is 0.205. The fourth-order valence-corrected chi connectivity index (χ4v) is 7.15. The lowest BCUT2D eigenvalue weighted by Crippen LogP contribution is -2.00. The van der Waals surface area contributed by atoms with Gasteiger partial charge in [-0.2, -0.15) is 0 Å². The van der Waals surface area contributed by atoms with E-state index in [2.05, 4.69) is 24.3 Å². The maximum Gasteiger partial charge on any atom is 0.164 e. The zero-order valence-electron chi connectivity index (χ0n) is 27.2. The number of hydrogen-bond acceptors (Lipinski definition) is 4. The van der Waals surface area contributed by atoms with Gasteiger partial charge in [-0.25, -0.2) is 15.0 Å². The van der Waals surface area contributed by atoms with Gasteiger partial charge in [0.1, 0.15) is 0 Å². The van der Waals surface area contributed by atoms with E-state index < -0.39 is 0 Å². The van der Waals surface area contributed by atoms with Crippen molar-refractivity contribution in [2.45, 2.75) is 0 Å². The summed E-state index contributed by atoms with van der Waals surface area (Å²) < 4.78 is 38.2. The average Bonchev–Trinajstić information content (AvgIpc) is 3.64. The Morgan fingerprint density at radius 2 is 1.14 bits per heavy atom. The van der Waals surface area contributed by atoms with Crippen molar-refractivity contribution in [3.8, 4) is 39.9 Å². The van der Waals surface area contributed by atoms with Gasteiger partial charge in [-0.15, -0.1) is 11.3 Å². The molecule has 0 aliphatic heterocycles. The van der Waals surface area contributed by atoms with Crippen LogP contribution in [-0.4, -0.2) is 19.5 Å². The van der Waals surface area contributed by atoms with Gasteiger partial charge in [0.2, 0.25) is 0 Å². The maximum absolute atomic E-state index is 8.82. The Morgan fingerprint density at radius 3 is 1.77 bits per heavy atom. The molecule has 9 rings (SSSR count). The highest BCUT2D eigenvalue weighted by atomic mass is 32.1. The fourth-order valence-electron chi connectivity index (χ4n) is 5.98. The monoisotopic (exact) mass is 584 g/mol. The highest BCUT2D eigenvalue weighted by Crippen LogP contribution is 2.41. The molecule has 0 bridgehead atoms. The predicted octanol–water partition coefficient (Wildman–Crippen LogP) is 10.3. The third-order valence-electron chi connectivity index (χ3n) is 7.97. The van der Waals surface area contributed by atoms with Gasteiger partial charge in [0.25, 0.3) is 0 Å². The number of rotatable bonds is 4. The van der Waals surface area contributed by atoms with Crippen LogP contribution in [0.3, 0.4) is 0 Å². The van der Waals surface area contributed by atoms with Crippen molar-refractivity contribution in [2.75, 3.05) is 0 Å². The number of nitrogens with zero attached hydrogens (tertiary/aromatic N) is 4. The first kappa shape index (κ1) is 21.1. The molecular weight excluding hydrogens is 557 g/mol. The number of aromatic nitrogens is 4. The summed E-state index contributed by atoms with van der Waals surface area (Å²) in [5.74, 6) is 1.80. The van der Waals surface area contributed by atoms with Crippen molar-refractivity contribution in [3.05, 3.63) is 145 Å². The van der Waals surface area contributed by atoms with Crippen LogP contribution in [0.2, 0.25) is 0 Å². The van der Waals surface area contributed by atoms with Crippen LogP contribution in [0.25, 0.3) is 81.8 Å². The Bertz CT molecular complexity index is 2600.